The van der Waals surface area contributed by atoms with Crippen LogP contribution < -0.4 is 51.4 Å². The summed E-state index contributed by atoms with van der Waals surface area (Å²) in [6.07, 6.45) is 10.7. The molecule has 3 nitrogen and oxygen atoms in total. The molecule has 0 radical (unpaired) electrons. The molecule has 0 unspecified atom stereocenters. The van der Waals surface area contributed by atoms with Crippen molar-refractivity contribution in [3.8, 4) is 0 Å². The fourth-order valence-electron chi connectivity index (χ4n) is 3.46. The van der Waals surface area contributed by atoms with Crippen LogP contribution in [-0.2, 0) is 23.0 Å². The second kappa shape index (κ2) is 12.7. The SMILES string of the molecule is CCCCCCc1ccc2cc(CCCCCC)c(S(=O)(=O)[O-])cc2c1.[K+]. The van der Waals surface area contributed by atoms with Crippen LogP contribution in [0, 0.1) is 0 Å². The maximum atomic E-state index is 11.8. The zero-order chi connectivity index (χ0) is 19.0. The first kappa shape index (κ1) is 25.3. The fourth-order valence-corrected chi connectivity index (χ4v) is 4.21. The van der Waals surface area contributed by atoms with E-state index in [1.54, 1.807) is 6.07 Å². The maximum absolute atomic E-state index is 11.8. The molecule has 0 saturated heterocycles. The molecule has 0 atom stereocenters. The van der Waals surface area contributed by atoms with Crippen LogP contribution in [0.5, 0.6) is 0 Å². The average Bonchev–Trinajstić information content (AvgIpc) is 2.61. The van der Waals surface area contributed by atoms with Crippen molar-refractivity contribution >= 4 is 20.9 Å². The van der Waals surface area contributed by atoms with Crippen LogP contribution in [0.1, 0.15) is 76.3 Å². The molecule has 0 spiro atoms. The van der Waals surface area contributed by atoms with Gasteiger partial charge in [-0.3, -0.25) is 0 Å². The van der Waals surface area contributed by atoms with E-state index in [1.807, 2.05) is 12.1 Å². The van der Waals surface area contributed by atoms with Crippen LogP contribution in [0.4, 0.5) is 0 Å². The summed E-state index contributed by atoms with van der Waals surface area (Å²) in [5.41, 5.74) is 1.87. The van der Waals surface area contributed by atoms with E-state index in [2.05, 4.69) is 26.0 Å². The van der Waals surface area contributed by atoms with E-state index in [9.17, 15) is 13.0 Å². The zero-order valence-corrected chi connectivity index (χ0v) is 21.0. The molecule has 0 N–H and O–H groups in total. The van der Waals surface area contributed by atoms with Gasteiger partial charge in [0, 0.05) is 0 Å². The summed E-state index contributed by atoms with van der Waals surface area (Å²) in [6.45, 7) is 4.34. The first-order chi connectivity index (χ1) is 12.5. The van der Waals surface area contributed by atoms with Crippen molar-refractivity contribution in [3.05, 3.63) is 41.5 Å². The number of rotatable bonds is 11. The molecule has 0 aromatic heterocycles. The molecule has 0 fully saturated rings. The minimum absolute atomic E-state index is 0. The van der Waals surface area contributed by atoms with E-state index >= 15 is 0 Å². The van der Waals surface area contributed by atoms with E-state index in [-0.39, 0.29) is 56.3 Å². The van der Waals surface area contributed by atoms with Crippen molar-refractivity contribution in [3.63, 3.8) is 0 Å². The standard InChI is InChI=1S/C22H32O3S.K/c1-3-5-7-9-11-18-13-14-19-16-20(12-10-8-6-4-2)22(26(23,24)25)17-21(19)15-18;/h13-17H,3-12H2,1-2H3,(H,23,24,25);/q;+1/p-1. The normalized spacial score (nSPS) is 11.5. The van der Waals surface area contributed by atoms with Gasteiger partial charge in [0.05, 0.1) is 4.90 Å². The molecule has 0 aliphatic rings. The first-order valence-electron chi connectivity index (χ1n) is 9.97. The molecule has 0 bridgehead atoms. The Kier molecular flexibility index (Phi) is 11.9. The molecule has 5 heteroatoms. The summed E-state index contributed by atoms with van der Waals surface area (Å²) in [4.78, 5) is -0.0374. The van der Waals surface area contributed by atoms with E-state index in [4.69, 9.17) is 0 Å². The van der Waals surface area contributed by atoms with Gasteiger partial charge in [0.25, 0.3) is 0 Å². The fraction of sp³-hybridized carbons (Fsp3) is 0.545. The van der Waals surface area contributed by atoms with Crippen molar-refractivity contribution < 1.29 is 64.4 Å². The Bertz CT molecular complexity index is 816. The molecule has 144 valence electrons. The van der Waals surface area contributed by atoms with Crippen LogP contribution in [-0.4, -0.2) is 13.0 Å². The quantitative estimate of drug-likeness (QED) is 0.323. The molecule has 0 amide bonds. The Morgan fingerprint density at radius 1 is 0.778 bits per heavy atom. The van der Waals surface area contributed by atoms with Crippen molar-refractivity contribution in [2.75, 3.05) is 0 Å². The van der Waals surface area contributed by atoms with Gasteiger partial charge in [-0.15, -0.1) is 0 Å². The van der Waals surface area contributed by atoms with E-state index in [0.29, 0.717) is 12.0 Å². The van der Waals surface area contributed by atoms with Crippen molar-refractivity contribution in [1.29, 1.82) is 0 Å². The maximum Gasteiger partial charge on any atom is 1.00 e. The van der Waals surface area contributed by atoms with Gasteiger partial charge < -0.3 is 4.55 Å². The zero-order valence-electron chi connectivity index (χ0n) is 17.1. The summed E-state index contributed by atoms with van der Waals surface area (Å²) >= 11 is 0. The number of benzene rings is 2. The van der Waals surface area contributed by atoms with Gasteiger partial charge >= 0.3 is 51.4 Å². The molecular formula is C22H31KO3S. The Hall–Kier alpha value is 0.246. The number of fused-ring (bicyclic) bond motifs is 1. The molecule has 2 aromatic rings. The number of aryl methyl sites for hydroxylation is 2. The number of unbranched alkanes of at least 4 members (excludes halogenated alkanes) is 6. The molecule has 0 aliphatic heterocycles. The van der Waals surface area contributed by atoms with Crippen molar-refractivity contribution in [2.24, 2.45) is 0 Å². The number of hydrogen-bond acceptors (Lipinski definition) is 3. The predicted molar refractivity (Wildman–Crippen MR) is 108 cm³/mol. The largest absolute Gasteiger partial charge is 1.00 e. The van der Waals surface area contributed by atoms with Gasteiger partial charge in [0.2, 0.25) is 0 Å². The van der Waals surface area contributed by atoms with Gasteiger partial charge in [-0.05, 0) is 59.7 Å². The molecule has 27 heavy (non-hydrogen) atoms. The minimum Gasteiger partial charge on any atom is -0.744 e. The van der Waals surface area contributed by atoms with Gasteiger partial charge in [-0.2, -0.15) is 0 Å². The summed E-state index contributed by atoms with van der Waals surface area (Å²) in [7, 11) is -4.45. The van der Waals surface area contributed by atoms with E-state index in [1.165, 1.54) is 24.8 Å². The van der Waals surface area contributed by atoms with Gasteiger partial charge in [0.15, 0.2) is 0 Å². The Labute approximate surface area is 207 Å². The van der Waals surface area contributed by atoms with Gasteiger partial charge in [-0.25, -0.2) is 8.42 Å². The third-order valence-corrected chi connectivity index (χ3v) is 5.89. The Morgan fingerprint density at radius 2 is 1.41 bits per heavy atom. The third kappa shape index (κ3) is 8.25. The van der Waals surface area contributed by atoms with Gasteiger partial charge in [0.1, 0.15) is 10.1 Å². The second-order valence-corrected chi connectivity index (χ2v) is 8.56. The Morgan fingerprint density at radius 3 is 2.00 bits per heavy atom. The molecule has 0 aliphatic carbocycles. The minimum atomic E-state index is -4.45. The topological polar surface area (TPSA) is 57.2 Å². The van der Waals surface area contributed by atoms with Crippen LogP contribution in [0.2, 0.25) is 0 Å². The van der Waals surface area contributed by atoms with Gasteiger partial charge in [-0.1, -0.05) is 70.6 Å². The van der Waals surface area contributed by atoms with E-state index < -0.39 is 10.1 Å². The second-order valence-electron chi connectivity index (χ2n) is 7.22. The molecule has 2 rings (SSSR count). The number of hydrogen-bond donors (Lipinski definition) is 0. The summed E-state index contributed by atoms with van der Waals surface area (Å²) in [5, 5.41) is 1.87. The summed E-state index contributed by atoms with van der Waals surface area (Å²) in [6, 6.07) is 9.70. The van der Waals surface area contributed by atoms with Crippen molar-refractivity contribution in [1.82, 2.24) is 0 Å². The molecule has 2 aromatic carbocycles. The van der Waals surface area contributed by atoms with Crippen molar-refractivity contribution in [2.45, 2.75) is 83.0 Å². The smallest absolute Gasteiger partial charge is 0.744 e. The predicted octanol–water partition coefficient (Wildman–Crippen LogP) is 2.99. The average molecular weight is 415 g/mol. The third-order valence-electron chi connectivity index (χ3n) is 4.97. The van der Waals surface area contributed by atoms with Crippen LogP contribution >= 0.6 is 0 Å². The summed E-state index contributed by atoms with van der Waals surface area (Å²) < 4.78 is 35.3. The molecular weight excluding hydrogens is 383 g/mol. The first-order valence-corrected chi connectivity index (χ1v) is 11.4. The van der Waals surface area contributed by atoms with E-state index in [0.717, 1.165) is 49.3 Å². The molecule has 0 heterocycles. The Balaban J connectivity index is 0.00000364. The summed E-state index contributed by atoms with van der Waals surface area (Å²) in [5.74, 6) is 0. The van der Waals surface area contributed by atoms with Crippen LogP contribution in [0.3, 0.4) is 0 Å². The monoisotopic (exact) mass is 414 g/mol. The molecule has 0 saturated carbocycles. The van der Waals surface area contributed by atoms with Crippen LogP contribution in [0.15, 0.2) is 35.2 Å². The van der Waals surface area contributed by atoms with Crippen LogP contribution in [0.25, 0.3) is 10.8 Å².